The van der Waals surface area contributed by atoms with Crippen molar-refractivity contribution in [2.24, 2.45) is 0 Å². The van der Waals surface area contributed by atoms with Crippen LogP contribution in [0.2, 0.25) is 0 Å². The summed E-state index contributed by atoms with van der Waals surface area (Å²) < 4.78 is 72.1. The van der Waals surface area contributed by atoms with Gasteiger partial charge < -0.3 is 10.1 Å². The molecule has 1 amide bonds. The zero-order chi connectivity index (χ0) is 23.4. The molecule has 0 saturated carbocycles. The molecule has 0 bridgehead atoms. The molecule has 2 aromatic carbocycles. The molecule has 0 atom stereocenters. The third kappa shape index (κ3) is 5.60. The van der Waals surface area contributed by atoms with Gasteiger partial charge in [0.2, 0.25) is 10.0 Å². The average molecular weight is 471 g/mol. The van der Waals surface area contributed by atoms with Gasteiger partial charge in [0, 0.05) is 18.7 Å². The van der Waals surface area contributed by atoms with Crippen LogP contribution in [-0.4, -0.2) is 38.3 Å². The second kappa shape index (κ2) is 9.91. The Labute approximate surface area is 185 Å². The molecule has 0 unspecified atom stereocenters. The second-order valence-electron chi connectivity index (χ2n) is 7.50. The van der Waals surface area contributed by atoms with Crippen molar-refractivity contribution < 1.29 is 31.1 Å². The molecule has 3 rings (SSSR count). The van der Waals surface area contributed by atoms with Crippen molar-refractivity contribution in [2.75, 3.05) is 25.0 Å². The molecule has 0 aromatic heterocycles. The van der Waals surface area contributed by atoms with Crippen molar-refractivity contribution in [2.45, 2.75) is 43.7 Å². The van der Waals surface area contributed by atoms with E-state index in [4.69, 9.17) is 4.74 Å². The Hall–Kier alpha value is -2.59. The number of carbonyl (C=O) groups excluding carboxylic acids is 1. The predicted molar refractivity (Wildman–Crippen MR) is 114 cm³/mol. The van der Waals surface area contributed by atoms with Gasteiger partial charge in [-0.3, -0.25) is 4.79 Å². The second-order valence-corrected chi connectivity index (χ2v) is 9.44. The van der Waals surface area contributed by atoms with Crippen molar-refractivity contribution in [1.29, 1.82) is 0 Å². The highest BCUT2D eigenvalue weighted by molar-refractivity contribution is 7.89. The Kier molecular flexibility index (Phi) is 7.45. The monoisotopic (exact) mass is 470 g/mol. The Balaban J connectivity index is 1.88. The van der Waals surface area contributed by atoms with Crippen LogP contribution in [0.3, 0.4) is 0 Å². The van der Waals surface area contributed by atoms with Gasteiger partial charge in [-0.1, -0.05) is 19.4 Å². The van der Waals surface area contributed by atoms with E-state index in [1.54, 1.807) is 0 Å². The van der Waals surface area contributed by atoms with E-state index in [0.29, 0.717) is 19.5 Å². The number of piperidine rings is 1. The largest absolute Gasteiger partial charge is 0.491 e. The molecule has 10 heteroatoms. The van der Waals surface area contributed by atoms with E-state index < -0.39 is 27.7 Å². The van der Waals surface area contributed by atoms with Crippen LogP contribution in [0.25, 0.3) is 0 Å². The number of benzene rings is 2. The van der Waals surface area contributed by atoms with Crippen LogP contribution in [0.4, 0.5) is 18.9 Å². The summed E-state index contributed by atoms with van der Waals surface area (Å²) in [6.45, 7) is 2.94. The smallest absolute Gasteiger partial charge is 0.416 e. The first-order valence-corrected chi connectivity index (χ1v) is 11.8. The SMILES string of the molecule is CCCOc1ccc(C(F)(F)F)cc1NC(=O)c1cccc(S(=O)(=O)N2CCCCC2)c1. The van der Waals surface area contributed by atoms with Gasteiger partial charge in [-0.25, -0.2) is 8.42 Å². The van der Waals surface area contributed by atoms with E-state index in [1.165, 1.54) is 28.6 Å². The Morgan fingerprint density at radius 2 is 1.81 bits per heavy atom. The fraction of sp³-hybridized carbons (Fsp3) is 0.409. The number of hydrogen-bond donors (Lipinski definition) is 1. The topological polar surface area (TPSA) is 75.7 Å². The molecule has 0 aliphatic carbocycles. The molecule has 0 spiro atoms. The fourth-order valence-corrected chi connectivity index (χ4v) is 4.95. The van der Waals surface area contributed by atoms with Gasteiger partial charge in [0.15, 0.2) is 0 Å². The number of halogens is 3. The summed E-state index contributed by atoms with van der Waals surface area (Å²) >= 11 is 0. The summed E-state index contributed by atoms with van der Waals surface area (Å²) in [6.07, 6.45) is -1.45. The summed E-state index contributed by atoms with van der Waals surface area (Å²) in [5, 5.41) is 2.43. The van der Waals surface area contributed by atoms with Gasteiger partial charge in [0.1, 0.15) is 5.75 Å². The number of nitrogens with one attached hydrogen (secondary N) is 1. The van der Waals surface area contributed by atoms with E-state index in [1.807, 2.05) is 6.92 Å². The van der Waals surface area contributed by atoms with E-state index in [-0.39, 0.29) is 28.5 Å². The minimum atomic E-state index is -4.59. The van der Waals surface area contributed by atoms with Crippen molar-refractivity contribution in [3.63, 3.8) is 0 Å². The lowest BCUT2D eigenvalue weighted by atomic mass is 10.1. The molecule has 1 aliphatic rings. The summed E-state index contributed by atoms with van der Waals surface area (Å²) in [6, 6.07) is 8.33. The van der Waals surface area contributed by atoms with E-state index in [2.05, 4.69) is 5.32 Å². The maximum absolute atomic E-state index is 13.1. The fourth-order valence-electron chi connectivity index (χ4n) is 3.39. The highest BCUT2D eigenvalue weighted by Crippen LogP contribution is 2.35. The van der Waals surface area contributed by atoms with E-state index in [9.17, 15) is 26.4 Å². The van der Waals surface area contributed by atoms with Gasteiger partial charge in [0.25, 0.3) is 5.91 Å². The number of sulfonamides is 1. The minimum absolute atomic E-state index is 0.0157. The molecule has 174 valence electrons. The van der Waals surface area contributed by atoms with Gasteiger partial charge >= 0.3 is 6.18 Å². The lowest BCUT2D eigenvalue weighted by Crippen LogP contribution is -2.35. The number of amides is 1. The van der Waals surface area contributed by atoms with Crippen LogP contribution in [-0.2, 0) is 16.2 Å². The predicted octanol–water partition coefficient (Wildman–Crippen LogP) is 4.92. The number of rotatable bonds is 7. The van der Waals surface area contributed by atoms with Crippen molar-refractivity contribution in [3.8, 4) is 5.75 Å². The van der Waals surface area contributed by atoms with Crippen LogP contribution in [0, 0.1) is 0 Å². The molecule has 6 nitrogen and oxygen atoms in total. The molecule has 1 aliphatic heterocycles. The van der Waals surface area contributed by atoms with Gasteiger partial charge in [-0.05, 0) is 55.7 Å². The maximum atomic E-state index is 13.1. The molecule has 0 radical (unpaired) electrons. The first kappa shape index (κ1) is 24.1. The van der Waals surface area contributed by atoms with Crippen molar-refractivity contribution in [3.05, 3.63) is 53.6 Å². The summed E-state index contributed by atoms with van der Waals surface area (Å²) in [5.74, 6) is -0.633. The van der Waals surface area contributed by atoms with Crippen molar-refractivity contribution >= 4 is 21.6 Å². The van der Waals surface area contributed by atoms with Crippen LogP contribution >= 0.6 is 0 Å². The Bertz CT molecular complexity index is 1070. The minimum Gasteiger partial charge on any atom is -0.491 e. The normalized spacial score (nSPS) is 15.4. The summed E-state index contributed by atoms with van der Waals surface area (Å²) in [4.78, 5) is 12.8. The lowest BCUT2D eigenvalue weighted by molar-refractivity contribution is -0.137. The van der Waals surface area contributed by atoms with Gasteiger partial charge in [0.05, 0.1) is 22.8 Å². The molecule has 1 heterocycles. The lowest BCUT2D eigenvalue weighted by Gasteiger charge is -2.26. The van der Waals surface area contributed by atoms with Crippen LogP contribution < -0.4 is 10.1 Å². The van der Waals surface area contributed by atoms with Gasteiger partial charge in [-0.15, -0.1) is 0 Å². The zero-order valence-electron chi connectivity index (χ0n) is 17.6. The third-order valence-electron chi connectivity index (χ3n) is 5.07. The number of carbonyl (C=O) groups is 1. The number of hydrogen-bond acceptors (Lipinski definition) is 4. The molecule has 1 fully saturated rings. The van der Waals surface area contributed by atoms with Crippen molar-refractivity contribution in [1.82, 2.24) is 4.31 Å². The molecule has 32 heavy (non-hydrogen) atoms. The first-order valence-electron chi connectivity index (χ1n) is 10.4. The van der Waals surface area contributed by atoms with E-state index in [0.717, 1.165) is 37.5 Å². The van der Waals surface area contributed by atoms with Gasteiger partial charge in [-0.2, -0.15) is 17.5 Å². The molecule has 1 saturated heterocycles. The molecule has 1 N–H and O–H groups in total. The number of anilines is 1. The van der Waals surface area contributed by atoms with E-state index >= 15 is 0 Å². The van der Waals surface area contributed by atoms with Crippen LogP contribution in [0.15, 0.2) is 47.4 Å². The average Bonchev–Trinajstić information content (AvgIpc) is 2.78. The maximum Gasteiger partial charge on any atom is 0.416 e. The standard InChI is InChI=1S/C22H25F3N2O4S/c1-2-13-31-20-10-9-17(22(23,24)25)15-19(20)26-21(28)16-7-6-8-18(14-16)32(29,30)27-11-4-3-5-12-27/h6-10,14-15H,2-5,11-13H2,1H3,(H,26,28). The highest BCUT2D eigenvalue weighted by Gasteiger charge is 2.32. The van der Waals surface area contributed by atoms with Crippen LogP contribution in [0.5, 0.6) is 5.75 Å². The quantitative estimate of drug-likeness (QED) is 0.623. The third-order valence-corrected chi connectivity index (χ3v) is 6.96. The molecule has 2 aromatic rings. The summed E-state index contributed by atoms with van der Waals surface area (Å²) in [5.41, 5.74) is -1.05. The van der Waals surface area contributed by atoms with Crippen LogP contribution in [0.1, 0.15) is 48.5 Å². The number of alkyl halides is 3. The Morgan fingerprint density at radius 3 is 2.47 bits per heavy atom. The molecular formula is C22H25F3N2O4S. The number of nitrogens with zero attached hydrogens (tertiary/aromatic N) is 1. The zero-order valence-corrected chi connectivity index (χ0v) is 18.4. The highest BCUT2D eigenvalue weighted by atomic mass is 32.2. The first-order chi connectivity index (χ1) is 15.1. The Morgan fingerprint density at radius 1 is 1.09 bits per heavy atom. The molecular weight excluding hydrogens is 445 g/mol. The number of ether oxygens (including phenoxy) is 1. The summed E-state index contributed by atoms with van der Waals surface area (Å²) in [7, 11) is -3.76.